The second-order valence-corrected chi connectivity index (χ2v) is 5.97. The molecule has 0 aromatic carbocycles. The molecule has 1 aliphatic rings. The van der Waals surface area contributed by atoms with Crippen LogP contribution in [-0.2, 0) is 0 Å². The van der Waals surface area contributed by atoms with Crippen LogP contribution in [0, 0.1) is 6.92 Å². The van der Waals surface area contributed by atoms with E-state index in [0.717, 1.165) is 13.0 Å². The van der Waals surface area contributed by atoms with E-state index in [2.05, 4.69) is 25.3 Å². The van der Waals surface area contributed by atoms with Gasteiger partial charge in [0, 0.05) is 31.7 Å². The number of nitrogens with one attached hydrogen (secondary N) is 1. The summed E-state index contributed by atoms with van der Waals surface area (Å²) in [5.74, 6) is 0.807. The molecule has 0 radical (unpaired) electrons. The number of hydrogen-bond acceptors (Lipinski definition) is 7. The second kappa shape index (κ2) is 6.88. The zero-order valence-corrected chi connectivity index (χ0v) is 13.5. The number of nitrogens with zero attached hydrogens (tertiary/aromatic N) is 5. The summed E-state index contributed by atoms with van der Waals surface area (Å²) in [6.07, 6.45) is 6.31. The molecule has 8 nitrogen and oxygen atoms in total. The Labute approximate surface area is 140 Å². The first kappa shape index (κ1) is 16.3. The van der Waals surface area contributed by atoms with Crippen molar-refractivity contribution in [3.8, 4) is 0 Å². The molecule has 1 atom stereocenters. The fourth-order valence-electron chi connectivity index (χ4n) is 2.80. The first-order valence-electron chi connectivity index (χ1n) is 7.88. The monoisotopic (exact) mass is 328 g/mol. The third kappa shape index (κ3) is 3.83. The molecule has 1 saturated heterocycles. The maximum atomic E-state index is 12.2. The molecule has 0 unspecified atom stereocenters. The van der Waals surface area contributed by atoms with E-state index in [-0.39, 0.29) is 12.5 Å². The highest BCUT2D eigenvalue weighted by Crippen LogP contribution is 2.23. The molecular weight excluding hydrogens is 308 g/mol. The van der Waals surface area contributed by atoms with Crippen molar-refractivity contribution in [1.29, 1.82) is 0 Å². The number of carbonyl (C=O) groups is 1. The quantitative estimate of drug-likeness (QED) is 0.834. The first-order valence-corrected chi connectivity index (χ1v) is 7.88. The fraction of sp³-hybridized carbons (Fsp3) is 0.438. The van der Waals surface area contributed by atoms with Gasteiger partial charge in [-0.2, -0.15) is 0 Å². The average Bonchev–Trinajstić information content (AvgIpc) is 2.60. The van der Waals surface area contributed by atoms with Crippen molar-refractivity contribution in [2.24, 2.45) is 0 Å². The Kier molecular flexibility index (Phi) is 4.66. The molecule has 1 amide bonds. The molecule has 3 heterocycles. The smallest absolute Gasteiger partial charge is 0.270 e. The molecule has 1 fully saturated rings. The predicted molar refractivity (Wildman–Crippen MR) is 87.5 cm³/mol. The highest BCUT2D eigenvalue weighted by atomic mass is 16.3. The molecule has 0 bridgehead atoms. The number of aromatic nitrogens is 4. The second-order valence-electron chi connectivity index (χ2n) is 5.97. The first-order chi connectivity index (χ1) is 11.6. The van der Waals surface area contributed by atoms with Crippen LogP contribution in [0.1, 0.15) is 29.2 Å². The number of aryl methyl sites for hydroxylation is 1. The SMILES string of the molecule is Cc1nccc(C(=O)NC[C@@]2(O)CCCN(c3ncccn3)C2)n1. The zero-order valence-electron chi connectivity index (χ0n) is 13.5. The summed E-state index contributed by atoms with van der Waals surface area (Å²) < 4.78 is 0. The van der Waals surface area contributed by atoms with Crippen LogP contribution in [0.5, 0.6) is 0 Å². The van der Waals surface area contributed by atoms with Gasteiger partial charge in [0.05, 0.1) is 12.1 Å². The van der Waals surface area contributed by atoms with Gasteiger partial charge in [-0.3, -0.25) is 4.79 Å². The normalized spacial score (nSPS) is 20.7. The van der Waals surface area contributed by atoms with Crippen LogP contribution in [0.4, 0.5) is 5.95 Å². The van der Waals surface area contributed by atoms with Crippen molar-refractivity contribution in [3.63, 3.8) is 0 Å². The van der Waals surface area contributed by atoms with Crippen LogP contribution < -0.4 is 10.2 Å². The number of piperidine rings is 1. The number of anilines is 1. The van der Waals surface area contributed by atoms with Crippen LogP contribution >= 0.6 is 0 Å². The summed E-state index contributed by atoms with van der Waals surface area (Å²) in [4.78, 5) is 30.6. The van der Waals surface area contributed by atoms with Crippen molar-refractivity contribution in [3.05, 3.63) is 42.2 Å². The molecular formula is C16H20N6O2. The standard InChI is InChI=1S/C16H20N6O2/c1-12-17-8-4-13(21-12)14(23)20-10-16(24)5-2-9-22(11-16)15-18-6-3-7-19-15/h3-4,6-8,24H,2,5,9-11H2,1H3,(H,20,23)/t16-/m0/s1. The molecule has 2 N–H and O–H groups in total. The Balaban J connectivity index is 1.62. The minimum absolute atomic E-state index is 0.151. The van der Waals surface area contributed by atoms with Crippen LogP contribution in [0.25, 0.3) is 0 Å². The van der Waals surface area contributed by atoms with E-state index < -0.39 is 5.60 Å². The Morgan fingerprint density at radius 3 is 2.88 bits per heavy atom. The number of β-amino-alcohol motifs (C(OH)–C–C–N with tert-alkyl or cyclic N) is 1. The minimum Gasteiger partial charge on any atom is -0.386 e. The van der Waals surface area contributed by atoms with Gasteiger partial charge in [-0.05, 0) is 31.9 Å². The molecule has 0 saturated carbocycles. The van der Waals surface area contributed by atoms with Crippen molar-refractivity contribution in [2.75, 3.05) is 24.5 Å². The van der Waals surface area contributed by atoms with Gasteiger partial charge >= 0.3 is 0 Å². The summed E-state index contributed by atoms with van der Waals surface area (Å²) >= 11 is 0. The lowest BCUT2D eigenvalue weighted by Gasteiger charge is -2.39. The molecule has 0 spiro atoms. The van der Waals surface area contributed by atoms with Gasteiger partial charge in [0.25, 0.3) is 5.91 Å². The third-order valence-corrected chi connectivity index (χ3v) is 3.98. The van der Waals surface area contributed by atoms with Gasteiger partial charge in [0.15, 0.2) is 0 Å². The molecule has 8 heteroatoms. The molecule has 2 aromatic rings. The van der Waals surface area contributed by atoms with Gasteiger partial charge in [-0.25, -0.2) is 19.9 Å². The van der Waals surface area contributed by atoms with Crippen molar-refractivity contribution >= 4 is 11.9 Å². The van der Waals surface area contributed by atoms with Gasteiger partial charge in [0.1, 0.15) is 11.5 Å². The number of amides is 1. The van der Waals surface area contributed by atoms with E-state index in [1.165, 1.54) is 0 Å². The fourth-order valence-corrected chi connectivity index (χ4v) is 2.80. The summed E-state index contributed by atoms with van der Waals surface area (Å²) in [6.45, 7) is 3.03. The molecule has 0 aliphatic carbocycles. The maximum Gasteiger partial charge on any atom is 0.270 e. The molecule has 2 aromatic heterocycles. The lowest BCUT2D eigenvalue weighted by atomic mass is 9.93. The van der Waals surface area contributed by atoms with Crippen LogP contribution in [0.3, 0.4) is 0 Å². The Morgan fingerprint density at radius 2 is 2.12 bits per heavy atom. The zero-order chi connectivity index (χ0) is 17.0. The number of rotatable bonds is 4. The van der Waals surface area contributed by atoms with E-state index in [1.54, 1.807) is 37.6 Å². The Morgan fingerprint density at radius 1 is 1.33 bits per heavy atom. The lowest BCUT2D eigenvalue weighted by Crippen LogP contribution is -2.54. The van der Waals surface area contributed by atoms with E-state index >= 15 is 0 Å². The van der Waals surface area contributed by atoms with Gasteiger partial charge in [-0.1, -0.05) is 0 Å². The summed E-state index contributed by atoms with van der Waals surface area (Å²) in [7, 11) is 0. The van der Waals surface area contributed by atoms with Crippen LogP contribution in [0.15, 0.2) is 30.7 Å². The van der Waals surface area contributed by atoms with Gasteiger partial charge in [-0.15, -0.1) is 0 Å². The summed E-state index contributed by atoms with van der Waals surface area (Å²) in [5.41, 5.74) is -0.722. The molecule has 1 aliphatic heterocycles. The molecule has 3 rings (SSSR count). The van der Waals surface area contributed by atoms with Crippen molar-refractivity contribution < 1.29 is 9.90 Å². The maximum absolute atomic E-state index is 12.2. The van der Waals surface area contributed by atoms with E-state index in [1.807, 2.05) is 4.90 Å². The lowest BCUT2D eigenvalue weighted by molar-refractivity contribution is 0.0251. The van der Waals surface area contributed by atoms with Crippen LogP contribution in [0.2, 0.25) is 0 Å². The Hall–Kier alpha value is -2.61. The van der Waals surface area contributed by atoms with Gasteiger partial charge in [0.2, 0.25) is 5.95 Å². The Bertz CT molecular complexity index is 711. The number of carbonyl (C=O) groups excluding carboxylic acids is 1. The van der Waals surface area contributed by atoms with Gasteiger partial charge < -0.3 is 15.3 Å². The van der Waals surface area contributed by atoms with E-state index in [9.17, 15) is 9.90 Å². The van der Waals surface area contributed by atoms with E-state index in [4.69, 9.17) is 0 Å². The molecule has 24 heavy (non-hydrogen) atoms. The highest BCUT2D eigenvalue weighted by molar-refractivity contribution is 5.92. The number of aliphatic hydroxyl groups is 1. The average molecular weight is 328 g/mol. The van der Waals surface area contributed by atoms with Crippen molar-refractivity contribution in [1.82, 2.24) is 25.3 Å². The predicted octanol–water partition coefficient (Wildman–Crippen LogP) is 0.336. The van der Waals surface area contributed by atoms with Crippen LogP contribution in [-0.4, -0.2) is 56.2 Å². The van der Waals surface area contributed by atoms with Crippen molar-refractivity contribution in [2.45, 2.75) is 25.4 Å². The third-order valence-electron chi connectivity index (χ3n) is 3.98. The summed E-state index contributed by atoms with van der Waals surface area (Å²) in [5, 5.41) is 13.6. The number of hydrogen-bond donors (Lipinski definition) is 2. The highest BCUT2D eigenvalue weighted by Gasteiger charge is 2.34. The topological polar surface area (TPSA) is 104 Å². The largest absolute Gasteiger partial charge is 0.386 e. The molecule has 126 valence electrons. The summed E-state index contributed by atoms with van der Waals surface area (Å²) in [6, 6.07) is 3.31. The minimum atomic E-state index is -1.02. The van der Waals surface area contributed by atoms with E-state index in [0.29, 0.717) is 30.4 Å².